The number of rotatable bonds is 6. The van der Waals surface area contributed by atoms with Crippen LogP contribution in [-0.4, -0.2) is 16.8 Å². The smallest absolute Gasteiger partial charge is 0.300 e. The number of hydrogen-bond donors (Lipinski definition) is 1. The number of amides is 1. The van der Waals surface area contributed by atoms with Crippen LogP contribution < -0.4 is 9.64 Å². The van der Waals surface area contributed by atoms with Crippen molar-refractivity contribution in [1.29, 1.82) is 0 Å². The molecule has 4 aromatic rings. The Bertz CT molecular complexity index is 1570. The zero-order chi connectivity index (χ0) is 27.0. The third-order valence-corrected chi connectivity index (χ3v) is 8.12. The molecule has 1 aliphatic heterocycles. The molecule has 1 atom stereocenters. The molecule has 0 saturated carbocycles. The number of aliphatic hydroxyl groups is 1. The van der Waals surface area contributed by atoms with Crippen LogP contribution in [0.4, 0.5) is 5.69 Å². The molecule has 1 saturated heterocycles. The molecule has 1 aliphatic rings. The van der Waals surface area contributed by atoms with Crippen LogP contribution in [0.25, 0.3) is 5.76 Å². The fourth-order valence-corrected chi connectivity index (χ4v) is 5.76. The number of benzene rings is 3. The number of ether oxygens (including phenoxy) is 1. The molecule has 38 heavy (non-hydrogen) atoms. The Balaban J connectivity index is 1.56. The van der Waals surface area contributed by atoms with Crippen molar-refractivity contribution in [3.8, 4) is 5.75 Å². The summed E-state index contributed by atoms with van der Waals surface area (Å²) in [5.41, 5.74) is 6.14. The molecule has 0 aliphatic carbocycles. The molecular weight excluding hydrogens is 494 g/mol. The Hall–Kier alpha value is -4.16. The highest BCUT2D eigenvalue weighted by Gasteiger charge is 2.48. The molecule has 0 spiro atoms. The Morgan fingerprint density at radius 1 is 0.868 bits per heavy atom. The van der Waals surface area contributed by atoms with Gasteiger partial charge in [-0.3, -0.25) is 14.5 Å². The van der Waals surface area contributed by atoms with Gasteiger partial charge in [0.2, 0.25) is 0 Å². The minimum absolute atomic E-state index is 0.0936. The molecule has 192 valence electrons. The number of carbonyl (C=O) groups is 2. The molecule has 1 fully saturated rings. The molecular formula is C32H29NO4S. The minimum atomic E-state index is -0.716. The van der Waals surface area contributed by atoms with E-state index in [2.05, 4.69) is 0 Å². The maximum Gasteiger partial charge on any atom is 0.300 e. The van der Waals surface area contributed by atoms with Crippen LogP contribution in [-0.2, 0) is 16.2 Å². The monoisotopic (exact) mass is 523 g/mol. The molecule has 0 radical (unpaired) electrons. The van der Waals surface area contributed by atoms with Crippen LogP contribution in [0.5, 0.6) is 5.75 Å². The van der Waals surface area contributed by atoms with Gasteiger partial charge >= 0.3 is 0 Å². The maximum atomic E-state index is 13.5. The summed E-state index contributed by atoms with van der Waals surface area (Å²) < 4.78 is 5.99. The Labute approximate surface area is 226 Å². The molecule has 3 aromatic carbocycles. The zero-order valence-corrected chi connectivity index (χ0v) is 22.6. The predicted molar refractivity (Wildman–Crippen MR) is 152 cm³/mol. The molecule has 1 aromatic heterocycles. The van der Waals surface area contributed by atoms with Crippen molar-refractivity contribution in [1.82, 2.24) is 0 Å². The number of aliphatic hydroxyl groups excluding tert-OH is 1. The first-order valence-corrected chi connectivity index (χ1v) is 13.3. The second-order valence-electron chi connectivity index (χ2n) is 9.66. The first-order chi connectivity index (χ1) is 18.3. The second kappa shape index (κ2) is 10.3. The fraction of sp³-hybridized carbons (Fsp3) is 0.188. The molecule has 0 bridgehead atoms. The second-order valence-corrected chi connectivity index (χ2v) is 10.6. The Kier molecular flexibility index (Phi) is 6.91. The molecule has 1 unspecified atom stereocenters. The van der Waals surface area contributed by atoms with Crippen molar-refractivity contribution in [3.63, 3.8) is 0 Å². The Morgan fingerprint density at radius 3 is 2.29 bits per heavy atom. The summed E-state index contributed by atoms with van der Waals surface area (Å²) in [5, 5.41) is 13.4. The lowest BCUT2D eigenvalue weighted by Crippen LogP contribution is -2.29. The highest BCUT2D eigenvalue weighted by Crippen LogP contribution is 2.45. The standard InChI is InChI=1S/C32H29NO4S/c1-19-10-12-25(17-21(19)3)33-28(31-20(2)14-15-38-31)27(30(35)32(33)36)29(34)24-11-13-26(22(4)16-24)37-18-23-8-6-5-7-9-23/h5-17,28,34H,18H2,1-4H3/b29-27-. The predicted octanol–water partition coefficient (Wildman–Crippen LogP) is 7.19. The van der Waals surface area contributed by atoms with Crippen LogP contribution in [0.1, 0.15) is 44.3 Å². The van der Waals surface area contributed by atoms with Crippen LogP contribution in [0.3, 0.4) is 0 Å². The number of carbonyl (C=O) groups excluding carboxylic acids is 2. The average Bonchev–Trinajstić information content (AvgIpc) is 3.45. The van der Waals surface area contributed by atoms with Gasteiger partial charge in [-0.2, -0.15) is 0 Å². The van der Waals surface area contributed by atoms with Gasteiger partial charge in [0.15, 0.2) is 0 Å². The van der Waals surface area contributed by atoms with Gasteiger partial charge < -0.3 is 9.84 Å². The van der Waals surface area contributed by atoms with E-state index >= 15 is 0 Å². The largest absolute Gasteiger partial charge is 0.507 e. The first-order valence-electron chi connectivity index (χ1n) is 12.5. The van der Waals surface area contributed by atoms with Crippen molar-refractivity contribution >= 4 is 34.5 Å². The number of aryl methyl sites for hydroxylation is 4. The van der Waals surface area contributed by atoms with E-state index in [0.29, 0.717) is 23.6 Å². The van der Waals surface area contributed by atoms with Crippen molar-refractivity contribution in [2.75, 3.05) is 4.90 Å². The van der Waals surface area contributed by atoms with E-state index in [1.54, 1.807) is 18.2 Å². The highest BCUT2D eigenvalue weighted by atomic mass is 32.1. The van der Waals surface area contributed by atoms with Crippen molar-refractivity contribution in [2.45, 2.75) is 40.3 Å². The van der Waals surface area contributed by atoms with Crippen molar-refractivity contribution < 1.29 is 19.4 Å². The number of anilines is 1. The third kappa shape index (κ3) is 4.63. The van der Waals surface area contributed by atoms with Gasteiger partial charge in [-0.05, 0) is 97.3 Å². The minimum Gasteiger partial charge on any atom is -0.507 e. The van der Waals surface area contributed by atoms with Gasteiger partial charge in [-0.1, -0.05) is 36.4 Å². The Morgan fingerprint density at radius 2 is 1.63 bits per heavy atom. The quantitative estimate of drug-likeness (QED) is 0.165. The van der Waals surface area contributed by atoms with E-state index in [-0.39, 0.29) is 11.3 Å². The maximum absolute atomic E-state index is 13.5. The first kappa shape index (κ1) is 25.5. The van der Waals surface area contributed by atoms with Gasteiger partial charge in [-0.15, -0.1) is 11.3 Å². The third-order valence-electron chi connectivity index (χ3n) is 7.05. The summed E-state index contributed by atoms with van der Waals surface area (Å²) >= 11 is 1.47. The van der Waals surface area contributed by atoms with Gasteiger partial charge in [0.05, 0.1) is 5.57 Å². The van der Waals surface area contributed by atoms with Crippen LogP contribution in [0.15, 0.2) is 83.7 Å². The summed E-state index contributed by atoms with van der Waals surface area (Å²) in [6.07, 6.45) is 0. The number of hydrogen-bond acceptors (Lipinski definition) is 5. The van der Waals surface area contributed by atoms with Crippen LogP contribution >= 0.6 is 11.3 Å². The topological polar surface area (TPSA) is 66.8 Å². The highest BCUT2D eigenvalue weighted by molar-refractivity contribution is 7.10. The van der Waals surface area contributed by atoms with Crippen molar-refractivity contribution in [3.05, 3.63) is 122 Å². The molecule has 5 rings (SSSR count). The van der Waals surface area contributed by atoms with Gasteiger partial charge in [0, 0.05) is 16.1 Å². The number of ketones is 1. The summed E-state index contributed by atoms with van der Waals surface area (Å²) in [4.78, 5) is 29.2. The van der Waals surface area contributed by atoms with E-state index in [0.717, 1.165) is 32.7 Å². The van der Waals surface area contributed by atoms with E-state index in [1.165, 1.54) is 16.2 Å². The molecule has 1 N–H and O–H groups in total. The average molecular weight is 524 g/mol. The van der Waals surface area contributed by atoms with Gasteiger partial charge in [0.1, 0.15) is 24.2 Å². The number of Topliss-reactive ketones (excluding diaryl/α,β-unsaturated/α-hetero) is 1. The van der Waals surface area contributed by atoms with E-state index in [1.807, 2.05) is 87.7 Å². The number of thiophene rings is 1. The lowest BCUT2D eigenvalue weighted by Gasteiger charge is -2.25. The molecule has 5 nitrogen and oxygen atoms in total. The summed E-state index contributed by atoms with van der Waals surface area (Å²) in [7, 11) is 0. The zero-order valence-electron chi connectivity index (χ0n) is 21.8. The SMILES string of the molecule is Cc1ccc(N2C(=O)C(=O)/C(=C(\O)c3ccc(OCc4ccccc4)c(C)c3)C2c2sccc2C)cc1C. The fourth-order valence-electron chi connectivity index (χ4n) is 4.74. The lowest BCUT2D eigenvalue weighted by molar-refractivity contribution is -0.132. The van der Waals surface area contributed by atoms with E-state index in [9.17, 15) is 14.7 Å². The number of nitrogens with zero attached hydrogens (tertiary/aromatic N) is 1. The summed E-state index contributed by atoms with van der Waals surface area (Å²) in [5.74, 6) is -0.843. The molecule has 1 amide bonds. The normalized spacial score (nSPS) is 16.7. The van der Waals surface area contributed by atoms with Crippen LogP contribution in [0, 0.1) is 27.7 Å². The lowest BCUT2D eigenvalue weighted by atomic mass is 9.97. The summed E-state index contributed by atoms with van der Waals surface area (Å²) in [6.45, 7) is 8.25. The summed E-state index contributed by atoms with van der Waals surface area (Å²) in [6, 6.07) is 22.1. The van der Waals surface area contributed by atoms with Gasteiger partial charge in [0.25, 0.3) is 11.7 Å². The molecule has 6 heteroatoms. The van der Waals surface area contributed by atoms with E-state index in [4.69, 9.17) is 4.74 Å². The molecule has 2 heterocycles. The van der Waals surface area contributed by atoms with Gasteiger partial charge in [-0.25, -0.2) is 0 Å². The van der Waals surface area contributed by atoms with E-state index < -0.39 is 17.7 Å². The van der Waals surface area contributed by atoms with Crippen LogP contribution in [0.2, 0.25) is 0 Å². The van der Waals surface area contributed by atoms with Crippen molar-refractivity contribution in [2.24, 2.45) is 0 Å².